The summed E-state index contributed by atoms with van der Waals surface area (Å²) in [6, 6.07) is 7.69. The van der Waals surface area contributed by atoms with Crippen LogP contribution in [-0.2, 0) is 14.8 Å². The van der Waals surface area contributed by atoms with Crippen LogP contribution in [0.1, 0.15) is 10.4 Å². The van der Waals surface area contributed by atoms with Gasteiger partial charge in [-0.2, -0.15) is 11.3 Å². The Morgan fingerprint density at radius 2 is 2.11 bits per heavy atom. The maximum atomic E-state index is 12.4. The Bertz CT molecular complexity index is 1020. The second-order valence-corrected chi connectivity index (χ2v) is 8.82. The first kappa shape index (κ1) is 19.6. The minimum Gasteiger partial charge on any atom is -0.383 e. The number of ether oxygens (including phenoxy) is 1. The monoisotopic (exact) mass is 424 g/mol. The third-order valence-corrected chi connectivity index (χ3v) is 6.45. The number of sulfonamides is 1. The lowest BCUT2D eigenvalue weighted by Gasteiger charge is -2.08. The van der Waals surface area contributed by atoms with E-state index in [1.807, 2.05) is 16.8 Å². The van der Waals surface area contributed by atoms with Gasteiger partial charge in [0.15, 0.2) is 0 Å². The Kier molecular flexibility index (Phi) is 6.29. The fraction of sp³-hybridized carbons (Fsp3) is 0.188. The number of hydrogen-bond acceptors (Lipinski definition) is 8. The molecule has 2 N–H and O–H groups in total. The number of amides is 1. The number of benzene rings is 1. The highest BCUT2D eigenvalue weighted by Crippen LogP contribution is 2.28. The maximum Gasteiger partial charge on any atom is 0.257 e. The number of aromatic nitrogens is 2. The minimum atomic E-state index is -3.72. The minimum absolute atomic E-state index is 0.00230. The zero-order chi connectivity index (χ0) is 19.3. The summed E-state index contributed by atoms with van der Waals surface area (Å²) < 4.78 is 31.7. The number of thiophene rings is 1. The van der Waals surface area contributed by atoms with Crippen LogP contribution in [0.15, 0.2) is 46.0 Å². The fourth-order valence-corrected chi connectivity index (χ4v) is 4.62. The molecule has 142 valence electrons. The molecule has 0 radical (unpaired) electrons. The third kappa shape index (κ3) is 4.96. The largest absolute Gasteiger partial charge is 0.383 e. The number of nitrogens with zero attached hydrogens (tertiary/aromatic N) is 2. The summed E-state index contributed by atoms with van der Waals surface area (Å²) >= 11 is 2.79. The Morgan fingerprint density at radius 1 is 1.26 bits per heavy atom. The van der Waals surface area contributed by atoms with Crippen molar-refractivity contribution in [1.29, 1.82) is 0 Å². The highest BCUT2D eigenvalue weighted by atomic mass is 32.2. The molecule has 0 fully saturated rings. The highest BCUT2D eigenvalue weighted by Gasteiger charge is 2.17. The summed E-state index contributed by atoms with van der Waals surface area (Å²) in [4.78, 5) is 12.4. The molecule has 0 aliphatic carbocycles. The molecule has 0 aliphatic rings. The molecule has 1 amide bonds. The summed E-state index contributed by atoms with van der Waals surface area (Å²) in [5.74, 6) is -0.461. The second-order valence-electron chi connectivity index (χ2n) is 5.30. The molecule has 2 aromatic heterocycles. The number of carbonyl (C=O) groups is 1. The van der Waals surface area contributed by atoms with Crippen molar-refractivity contribution in [3.05, 3.63) is 46.7 Å². The van der Waals surface area contributed by atoms with Crippen molar-refractivity contribution in [3.8, 4) is 10.6 Å². The molecule has 0 saturated heterocycles. The van der Waals surface area contributed by atoms with Crippen LogP contribution in [0.3, 0.4) is 0 Å². The summed E-state index contributed by atoms with van der Waals surface area (Å²) in [6.45, 7) is 0.397. The summed E-state index contributed by atoms with van der Waals surface area (Å²) in [6.07, 6.45) is 0. The first-order valence-corrected chi connectivity index (χ1v) is 11.0. The van der Waals surface area contributed by atoms with Crippen molar-refractivity contribution in [1.82, 2.24) is 14.9 Å². The second kappa shape index (κ2) is 8.67. The zero-order valence-corrected chi connectivity index (χ0v) is 16.7. The average Bonchev–Trinajstić information content (AvgIpc) is 3.33. The number of anilines is 1. The van der Waals surface area contributed by atoms with Crippen molar-refractivity contribution >= 4 is 43.7 Å². The number of nitrogens with one attached hydrogen (secondary N) is 2. The normalized spacial score (nSPS) is 11.4. The summed E-state index contributed by atoms with van der Waals surface area (Å²) in [5.41, 5.74) is 1.14. The van der Waals surface area contributed by atoms with Crippen LogP contribution in [0.2, 0.25) is 0 Å². The lowest BCUT2D eigenvalue weighted by Crippen LogP contribution is -2.27. The molecule has 0 atom stereocenters. The zero-order valence-electron chi connectivity index (χ0n) is 14.2. The predicted molar refractivity (Wildman–Crippen MR) is 105 cm³/mol. The molecule has 3 rings (SSSR count). The van der Waals surface area contributed by atoms with Gasteiger partial charge in [-0.05, 0) is 29.6 Å². The van der Waals surface area contributed by atoms with Crippen LogP contribution >= 0.6 is 22.7 Å². The first-order valence-electron chi connectivity index (χ1n) is 7.76. The highest BCUT2D eigenvalue weighted by molar-refractivity contribution is 7.89. The van der Waals surface area contributed by atoms with Gasteiger partial charge >= 0.3 is 0 Å². The van der Waals surface area contributed by atoms with Crippen molar-refractivity contribution in [2.75, 3.05) is 25.6 Å². The van der Waals surface area contributed by atoms with Crippen molar-refractivity contribution < 1.29 is 17.9 Å². The SMILES string of the molecule is COCCNS(=O)(=O)c1cccc(C(=O)Nc2nnc(-c3ccsc3)s2)c1. The molecule has 0 unspecified atom stereocenters. The number of hydrogen-bond donors (Lipinski definition) is 2. The molecule has 2 heterocycles. The van der Waals surface area contributed by atoms with Crippen molar-refractivity contribution in [2.24, 2.45) is 0 Å². The van der Waals surface area contributed by atoms with Crippen LogP contribution in [0, 0.1) is 0 Å². The number of carbonyl (C=O) groups excluding carboxylic acids is 1. The molecule has 0 bridgehead atoms. The van der Waals surface area contributed by atoms with Gasteiger partial charge in [0.05, 0.1) is 11.5 Å². The van der Waals surface area contributed by atoms with Gasteiger partial charge in [0.25, 0.3) is 5.91 Å². The van der Waals surface area contributed by atoms with Gasteiger partial charge in [-0.15, -0.1) is 10.2 Å². The molecular weight excluding hydrogens is 408 g/mol. The Morgan fingerprint density at radius 3 is 2.85 bits per heavy atom. The standard InChI is InChI=1S/C16H16N4O4S3/c1-24-7-6-17-27(22,23)13-4-2-3-11(9-13)14(21)18-16-20-19-15(26-16)12-5-8-25-10-12/h2-5,8-10,17H,6-7H2,1H3,(H,18,20,21). The molecule has 1 aromatic carbocycles. The Labute approximate surface area is 164 Å². The van der Waals surface area contributed by atoms with Crippen molar-refractivity contribution in [2.45, 2.75) is 4.90 Å². The first-order chi connectivity index (χ1) is 13.0. The fourth-order valence-electron chi connectivity index (χ4n) is 2.11. The maximum absolute atomic E-state index is 12.4. The lowest BCUT2D eigenvalue weighted by molar-refractivity contribution is 0.102. The van der Waals surface area contributed by atoms with E-state index in [0.717, 1.165) is 5.56 Å². The van der Waals surface area contributed by atoms with Crippen LogP contribution in [-0.4, -0.2) is 44.8 Å². The van der Waals surface area contributed by atoms with Crippen molar-refractivity contribution in [3.63, 3.8) is 0 Å². The van der Waals surface area contributed by atoms with E-state index in [2.05, 4.69) is 20.2 Å². The summed E-state index contributed by atoms with van der Waals surface area (Å²) in [7, 11) is -2.24. The molecule has 8 nitrogen and oxygen atoms in total. The van der Waals surface area contributed by atoms with Gasteiger partial charge < -0.3 is 4.74 Å². The van der Waals surface area contributed by atoms with E-state index in [4.69, 9.17) is 4.74 Å². The van der Waals surface area contributed by atoms with Gasteiger partial charge in [-0.25, -0.2) is 13.1 Å². The molecule has 11 heteroatoms. The van der Waals surface area contributed by atoms with E-state index in [0.29, 0.717) is 10.1 Å². The van der Waals surface area contributed by atoms with Crippen LogP contribution < -0.4 is 10.0 Å². The molecular formula is C16H16N4O4S3. The smallest absolute Gasteiger partial charge is 0.257 e. The Hall–Kier alpha value is -2.18. The number of methoxy groups -OCH3 is 1. The van der Waals surface area contributed by atoms with Crippen LogP contribution in [0.5, 0.6) is 0 Å². The lowest BCUT2D eigenvalue weighted by atomic mass is 10.2. The summed E-state index contributed by atoms with van der Waals surface area (Å²) in [5, 5.41) is 15.6. The third-order valence-electron chi connectivity index (χ3n) is 3.42. The van der Waals surface area contributed by atoms with Gasteiger partial charge in [0, 0.05) is 30.2 Å². The van der Waals surface area contributed by atoms with Crippen LogP contribution in [0.25, 0.3) is 10.6 Å². The van der Waals surface area contributed by atoms with Crippen LogP contribution in [0.4, 0.5) is 5.13 Å². The van der Waals surface area contributed by atoms with Gasteiger partial charge in [0.1, 0.15) is 5.01 Å². The van der Waals surface area contributed by atoms with E-state index in [1.165, 1.54) is 42.7 Å². The van der Waals surface area contributed by atoms with Gasteiger partial charge in [0.2, 0.25) is 15.2 Å². The quantitative estimate of drug-likeness (QED) is 0.538. The van der Waals surface area contributed by atoms with E-state index < -0.39 is 15.9 Å². The van der Waals surface area contributed by atoms with E-state index in [1.54, 1.807) is 11.3 Å². The predicted octanol–water partition coefficient (Wildman–Crippen LogP) is 2.44. The average molecular weight is 425 g/mol. The molecule has 0 spiro atoms. The van der Waals surface area contributed by atoms with Gasteiger partial charge in [-0.1, -0.05) is 17.4 Å². The molecule has 3 aromatic rings. The van der Waals surface area contributed by atoms with E-state index in [-0.39, 0.29) is 23.6 Å². The Balaban J connectivity index is 1.72. The van der Waals surface area contributed by atoms with Gasteiger partial charge in [-0.3, -0.25) is 10.1 Å². The van der Waals surface area contributed by atoms with E-state index >= 15 is 0 Å². The molecule has 27 heavy (non-hydrogen) atoms. The molecule has 0 saturated carbocycles. The van der Waals surface area contributed by atoms with E-state index in [9.17, 15) is 13.2 Å². The number of rotatable bonds is 8. The molecule has 0 aliphatic heterocycles. The topological polar surface area (TPSA) is 110 Å².